The van der Waals surface area contributed by atoms with Gasteiger partial charge in [-0.2, -0.15) is 0 Å². The van der Waals surface area contributed by atoms with E-state index in [-0.39, 0.29) is 0 Å². The lowest BCUT2D eigenvalue weighted by molar-refractivity contribution is 0.174. The number of rotatable bonds is 6. The van der Waals surface area contributed by atoms with E-state index in [9.17, 15) is 5.11 Å². The van der Waals surface area contributed by atoms with E-state index in [0.717, 1.165) is 22.7 Å². The third-order valence-electron chi connectivity index (χ3n) is 3.85. The van der Waals surface area contributed by atoms with Crippen molar-refractivity contribution in [2.45, 2.75) is 19.6 Å². The van der Waals surface area contributed by atoms with Crippen LogP contribution in [-0.2, 0) is 6.54 Å². The van der Waals surface area contributed by atoms with Crippen molar-refractivity contribution in [1.29, 1.82) is 0 Å². The molecule has 2 N–H and O–H groups in total. The number of aryl methyl sites for hydroxylation is 1. The molecule has 0 radical (unpaired) electrons. The molecule has 2 heterocycles. The van der Waals surface area contributed by atoms with Crippen molar-refractivity contribution in [2.75, 3.05) is 13.7 Å². The minimum atomic E-state index is -0.578. The minimum absolute atomic E-state index is 0.465. The maximum Gasteiger partial charge on any atom is 0.136 e. The molecule has 3 aromatic rings. The summed E-state index contributed by atoms with van der Waals surface area (Å²) in [5, 5.41) is 13.6. The van der Waals surface area contributed by atoms with E-state index in [4.69, 9.17) is 4.74 Å². The number of imidazole rings is 1. The largest absolute Gasteiger partial charge is 0.497 e. The molecular weight excluding hydrogens is 290 g/mol. The smallest absolute Gasteiger partial charge is 0.136 e. The van der Waals surface area contributed by atoms with E-state index in [2.05, 4.69) is 27.8 Å². The van der Waals surface area contributed by atoms with Crippen molar-refractivity contribution in [3.8, 4) is 5.75 Å². The fraction of sp³-hybridized carbons (Fsp3) is 0.278. The number of aromatic nitrogens is 2. The maximum atomic E-state index is 10.3. The van der Waals surface area contributed by atoms with Gasteiger partial charge in [0.2, 0.25) is 0 Å². The molecule has 5 heteroatoms. The summed E-state index contributed by atoms with van der Waals surface area (Å²) < 4.78 is 7.25. The highest BCUT2D eigenvalue weighted by atomic mass is 16.5. The van der Waals surface area contributed by atoms with Crippen LogP contribution in [0, 0.1) is 6.92 Å². The van der Waals surface area contributed by atoms with Crippen LogP contribution >= 0.6 is 0 Å². The van der Waals surface area contributed by atoms with Crippen molar-refractivity contribution in [3.05, 3.63) is 65.6 Å². The van der Waals surface area contributed by atoms with Crippen LogP contribution in [0.1, 0.15) is 22.9 Å². The van der Waals surface area contributed by atoms with Crippen LogP contribution in [0.2, 0.25) is 0 Å². The second-order valence-corrected chi connectivity index (χ2v) is 5.61. The lowest BCUT2D eigenvalue weighted by atomic mass is 10.1. The van der Waals surface area contributed by atoms with Crippen LogP contribution in [0.5, 0.6) is 5.75 Å². The van der Waals surface area contributed by atoms with Crippen molar-refractivity contribution in [3.63, 3.8) is 0 Å². The normalized spacial score (nSPS) is 12.5. The number of nitrogens with zero attached hydrogens (tertiary/aromatic N) is 2. The summed E-state index contributed by atoms with van der Waals surface area (Å²) in [4.78, 5) is 4.38. The third kappa shape index (κ3) is 3.52. The fourth-order valence-corrected chi connectivity index (χ4v) is 2.57. The zero-order valence-electron chi connectivity index (χ0n) is 13.4. The van der Waals surface area contributed by atoms with E-state index < -0.39 is 6.10 Å². The Morgan fingerprint density at radius 1 is 1.30 bits per heavy atom. The average molecular weight is 311 g/mol. The molecule has 120 valence electrons. The monoisotopic (exact) mass is 311 g/mol. The molecule has 1 aromatic carbocycles. The van der Waals surface area contributed by atoms with Gasteiger partial charge in [0.25, 0.3) is 0 Å². The molecule has 0 saturated carbocycles. The van der Waals surface area contributed by atoms with Gasteiger partial charge in [-0.25, -0.2) is 4.98 Å². The topological polar surface area (TPSA) is 58.8 Å². The lowest BCUT2D eigenvalue weighted by Crippen LogP contribution is -2.21. The number of ether oxygens (including phenoxy) is 1. The molecule has 0 spiro atoms. The highest BCUT2D eigenvalue weighted by molar-refractivity contribution is 5.41. The molecule has 2 aromatic heterocycles. The molecule has 5 nitrogen and oxygen atoms in total. The number of nitrogens with one attached hydrogen (secondary N) is 1. The van der Waals surface area contributed by atoms with Gasteiger partial charge in [-0.3, -0.25) is 0 Å². The molecular formula is C18H21N3O2. The molecule has 1 atom stereocenters. The molecule has 3 rings (SSSR count). The quantitative estimate of drug-likeness (QED) is 0.734. The zero-order chi connectivity index (χ0) is 16.2. The van der Waals surface area contributed by atoms with E-state index in [1.807, 2.05) is 42.6 Å². The molecule has 1 unspecified atom stereocenters. The maximum absolute atomic E-state index is 10.3. The standard InChI is InChI=1S/C18H21N3O2/c1-13-6-7-18-20-10-15(21(18)12-13)9-19-11-17(22)14-4-3-5-16(8-14)23-2/h3-8,10,12,17,19,22H,9,11H2,1-2H3. The first-order chi connectivity index (χ1) is 11.2. The second kappa shape index (κ2) is 6.81. The highest BCUT2D eigenvalue weighted by Gasteiger charge is 2.09. The summed E-state index contributed by atoms with van der Waals surface area (Å²) in [6, 6.07) is 11.5. The summed E-state index contributed by atoms with van der Waals surface area (Å²) in [5.74, 6) is 0.749. The highest BCUT2D eigenvalue weighted by Crippen LogP contribution is 2.18. The SMILES string of the molecule is COc1cccc(C(O)CNCc2cnc3ccc(C)cn23)c1. The van der Waals surface area contributed by atoms with Crippen LogP contribution in [0.25, 0.3) is 5.65 Å². The fourth-order valence-electron chi connectivity index (χ4n) is 2.57. The van der Waals surface area contributed by atoms with Gasteiger partial charge in [-0.1, -0.05) is 18.2 Å². The van der Waals surface area contributed by atoms with E-state index in [0.29, 0.717) is 13.1 Å². The van der Waals surface area contributed by atoms with Crippen LogP contribution in [0.4, 0.5) is 0 Å². The summed E-state index contributed by atoms with van der Waals surface area (Å²) in [7, 11) is 1.62. The Labute approximate surface area is 135 Å². The van der Waals surface area contributed by atoms with Crippen molar-refractivity contribution in [2.24, 2.45) is 0 Å². The Kier molecular flexibility index (Phi) is 4.60. The van der Waals surface area contributed by atoms with E-state index in [1.54, 1.807) is 7.11 Å². The number of hydrogen-bond acceptors (Lipinski definition) is 4. The Balaban J connectivity index is 1.62. The van der Waals surface area contributed by atoms with Gasteiger partial charge in [0.1, 0.15) is 11.4 Å². The van der Waals surface area contributed by atoms with Gasteiger partial charge < -0.3 is 19.6 Å². The lowest BCUT2D eigenvalue weighted by Gasteiger charge is -2.13. The number of hydrogen-bond donors (Lipinski definition) is 2. The minimum Gasteiger partial charge on any atom is -0.497 e. The van der Waals surface area contributed by atoms with Crippen LogP contribution in [0.3, 0.4) is 0 Å². The molecule has 0 fully saturated rings. The van der Waals surface area contributed by atoms with Crippen molar-refractivity contribution >= 4 is 5.65 Å². The molecule has 0 bridgehead atoms. The molecule has 0 aliphatic rings. The molecule has 0 saturated heterocycles. The Hall–Kier alpha value is -2.37. The average Bonchev–Trinajstić information content (AvgIpc) is 2.97. The second-order valence-electron chi connectivity index (χ2n) is 5.61. The van der Waals surface area contributed by atoms with Crippen LogP contribution in [-0.4, -0.2) is 28.1 Å². The summed E-state index contributed by atoms with van der Waals surface area (Å²) >= 11 is 0. The molecule has 23 heavy (non-hydrogen) atoms. The third-order valence-corrected chi connectivity index (χ3v) is 3.85. The Morgan fingerprint density at radius 2 is 2.17 bits per heavy atom. The Bertz CT molecular complexity index is 798. The molecule has 0 amide bonds. The van der Waals surface area contributed by atoms with Gasteiger partial charge in [-0.15, -0.1) is 0 Å². The first kappa shape index (κ1) is 15.5. The van der Waals surface area contributed by atoms with Gasteiger partial charge >= 0.3 is 0 Å². The predicted molar refractivity (Wildman–Crippen MR) is 89.6 cm³/mol. The van der Waals surface area contributed by atoms with Gasteiger partial charge in [0.15, 0.2) is 0 Å². The van der Waals surface area contributed by atoms with E-state index in [1.165, 1.54) is 5.56 Å². The van der Waals surface area contributed by atoms with Gasteiger partial charge in [0, 0.05) is 19.3 Å². The number of fused-ring (bicyclic) bond motifs is 1. The van der Waals surface area contributed by atoms with Crippen molar-refractivity contribution in [1.82, 2.24) is 14.7 Å². The Morgan fingerprint density at radius 3 is 3.00 bits per heavy atom. The summed E-state index contributed by atoms with van der Waals surface area (Å²) in [6.07, 6.45) is 3.35. The zero-order valence-corrected chi connectivity index (χ0v) is 13.4. The number of aliphatic hydroxyl groups is 1. The number of methoxy groups -OCH3 is 1. The number of benzene rings is 1. The van der Waals surface area contributed by atoms with Gasteiger partial charge in [0.05, 0.1) is 25.1 Å². The van der Waals surface area contributed by atoms with Crippen molar-refractivity contribution < 1.29 is 9.84 Å². The first-order valence-corrected chi connectivity index (χ1v) is 7.62. The summed E-state index contributed by atoms with van der Waals surface area (Å²) in [5.41, 5.74) is 4.03. The summed E-state index contributed by atoms with van der Waals surface area (Å²) in [6.45, 7) is 3.17. The van der Waals surface area contributed by atoms with Crippen LogP contribution in [0.15, 0.2) is 48.8 Å². The van der Waals surface area contributed by atoms with Gasteiger partial charge in [-0.05, 0) is 36.2 Å². The number of pyridine rings is 1. The predicted octanol–water partition coefficient (Wildman–Crippen LogP) is 2.47. The molecule has 0 aliphatic carbocycles. The van der Waals surface area contributed by atoms with Crippen LogP contribution < -0.4 is 10.1 Å². The number of aliphatic hydroxyl groups excluding tert-OH is 1. The molecule has 0 aliphatic heterocycles. The first-order valence-electron chi connectivity index (χ1n) is 7.62. The van der Waals surface area contributed by atoms with E-state index >= 15 is 0 Å².